The minimum absolute atomic E-state index is 1.30. The lowest BCUT2D eigenvalue weighted by atomic mass is 9.93. The highest BCUT2D eigenvalue weighted by Gasteiger charge is 2.08. The molecule has 0 atom stereocenters. The van der Waals surface area contributed by atoms with E-state index in [4.69, 9.17) is 0 Å². The number of hydrogen-bond donors (Lipinski definition) is 0. The van der Waals surface area contributed by atoms with Gasteiger partial charge in [-0.1, -0.05) is 98.8 Å². The van der Waals surface area contributed by atoms with Gasteiger partial charge in [0.25, 0.3) is 0 Å². The van der Waals surface area contributed by atoms with E-state index in [-0.39, 0.29) is 0 Å². The first-order chi connectivity index (χ1) is 11.9. The fraction of sp³-hybridized carbons (Fsp3) is 0.0833. The highest BCUT2D eigenvalue weighted by Crippen LogP contribution is 2.36. The molecule has 0 heteroatoms. The SMILES string of the molecule is CC.c1ccc2c(c1)ccc1ccc3ccc4ccccc4c3c12. The summed E-state index contributed by atoms with van der Waals surface area (Å²) >= 11 is 0. The zero-order valence-electron chi connectivity index (χ0n) is 14.1. The molecule has 0 aromatic heterocycles. The van der Waals surface area contributed by atoms with E-state index in [9.17, 15) is 0 Å². The van der Waals surface area contributed by atoms with Gasteiger partial charge < -0.3 is 0 Å². The molecule has 0 fully saturated rings. The molecule has 116 valence electrons. The van der Waals surface area contributed by atoms with Gasteiger partial charge in [-0.25, -0.2) is 0 Å². The standard InChI is InChI=1S/C22H14.C2H6/c1-3-7-19-15(5-1)9-11-17-13-14-18-12-10-16-6-2-4-8-20(16)22(18)21(17)19;1-2/h1-14H;1-2H3. The van der Waals surface area contributed by atoms with Crippen molar-refractivity contribution in [3.05, 3.63) is 84.9 Å². The summed E-state index contributed by atoms with van der Waals surface area (Å²) in [6.45, 7) is 4.00. The first kappa shape index (κ1) is 14.7. The van der Waals surface area contributed by atoms with Crippen molar-refractivity contribution in [3.8, 4) is 0 Å². The first-order valence-electron chi connectivity index (χ1n) is 8.64. The molecule has 5 rings (SSSR count). The van der Waals surface area contributed by atoms with E-state index in [0.29, 0.717) is 0 Å². The van der Waals surface area contributed by atoms with Crippen LogP contribution in [0.15, 0.2) is 84.9 Å². The maximum Gasteiger partial charge on any atom is -0.00206 e. The lowest BCUT2D eigenvalue weighted by Gasteiger charge is -2.10. The van der Waals surface area contributed by atoms with Crippen LogP contribution in [0.5, 0.6) is 0 Å². The number of benzene rings is 5. The number of hydrogen-bond acceptors (Lipinski definition) is 0. The van der Waals surface area contributed by atoms with Crippen molar-refractivity contribution in [2.75, 3.05) is 0 Å². The molecule has 0 heterocycles. The predicted octanol–water partition coefficient (Wildman–Crippen LogP) is 7.33. The minimum atomic E-state index is 1.30. The van der Waals surface area contributed by atoms with Gasteiger partial charge in [0.1, 0.15) is 0 Å². The molecule has 0 aliphatic heterocycles. The highest BCUT2D eigenvalue weighted by molar-refractivity contribution is 6.27. The molecule has 0 spiro atoms. The van der Waals surface area contributed by atoms with E-state index in [1.54, 1.807) is 0 Å². The molecule has 0 amide bonds. The van der Waals surface area contributed by atoms with Gasteiger partial charge in [-0.2, -0.15) is 0 Å². The van der Waals surface area contributed by atoms with Crippen LogP contribution in [0, 0.1) is 0 Å². The Kier molecular flexibility index (Phi) is 3.66. The molecule has 24 heavy (non-hydrogen) atoms. The smallest absolute Gasteiger partial charge is 0.00206 e. The Morgan fingerprint density at radius 1 is 0.375 bits per heavy atom. The van der Waals surface area contributed by atoms with Gasteiger partial charge in [0.2, 0.25) is 0 Å². The maximum absolute atomic E-state index is 2.24. The topological polar surface area (TPSA) is 0 Å². The fourth-order valence-corrected chi connectivity index (χ4v) is 3.59. The molecular formula is C24H20. The summed E-state index contributed by atoms with van der Waals surface area (Å²) in [5.74, 6) is 0. The van der Waals surface area contributed by atoms with E-state index in [0.717, 1.165) is 0 Å². The van der Waals surface area contributed by atoms with Crippen LogP contribution >= 0.6 is 0 Å². The first-order valence-corrected chi connectivity index (χ1v) is 8.64. The van der Waals surface area contributed by atoms with Crippen molar-refractivity contribution in [1.82, 2.24) is 0 Å². The molecule has 0 aliphatic carbocycles. The normalized spacial score (nSPS) is 10.9. The second kappa shape index (κ2) is 5.98. The Balaban J connectivity index is 0.000000704. The zero-order valence-corrected chi connectivity index (χ0v) is 14.1. The second-order valence-corrected chi connectivity index (χ2v) is 5.84. The van der Waals surface area contributed by atoms with Crippen LogP contribution < -0.4 is 0 Å². The van der Waals surface area contributed by atoms with Crippen LogP contribution in [0.4, 0.5) is 0 Å². The summed E-state index contributed by atoms with van der Waals surface area (Å²) in [6.07, 6.45) is 0. The van der Waals surface area contributed by atoms with E-state index in [1.165, 1.54) is 43.1 Å². The van der Waals surface area contributed by atoms with Gasteiger partial charge in [0.15, 0.2) is 0 Å². The van der Waals surface area contributed by atoms with Crippen LogP contribution in [-0.4, -0.2) is 0 Å². The highest BCUT2D eigenvalue weighted by atomic mass is 14.1. The lowest BCUT2D eigenvalue weighted by molar-refractivity contribution is 1.50. The Morgan fingerprint density at radius 3 is 1.12 bits per heavy atom. The molecule has 0 N–H and O–H groups in total. The number of fused-ring (bicyclic) bond motifs is 7. The molecule has 0 saturated carbocycles. The van der Waals surface area contributed by atoms with Crippen molar-refractivity contribution >= 4 is 43.1 Å². The third-order valence-corrected chi connectivity index (χ3v) is 4.61. The third kappa shape index (κ3) is 2.15. The van der Waals surface area contributed by atoms with Crippen LogP contribution in [0.1, 0.15) is 13.8 Å². The molecule has 0 radical (unpaired) electrons. The van der Waals surface area contributed by atoms with Gasteiger partial charge in [-0.05, 0) is 43.1 Å². The summed E-state index contributed by atoms with van der Waals surface area (Å²) in [4.78, 5) is 0. The quantitative estimate of drug-likeness (QED) is 0.263. The van der Waals surface area contributed by atoms with E-state index < -0.39 is 0 Å². The molecule has 0 saturated heterocycles. The molecule has 5 aromatic carbocycles. The van der Waals surface area contributed by atoms with E-state index in [1.807, 2.05) is 13.8 Å². The van der Waals surface area contributed by atoms with Gasteiger partial charge in [-0.3, -0.25) is 0 Å². The Bertz CT molecular complexity index is 1060. The fourth-order valence-electron chi connectivity index (χ4n) is 3.59. The van der Waals surface area contributed by atoms with Gasteiger partial charge in [0, 0.05) is 0 Å². The monoisotopic (exact) mass is 308 g/mol. The Labute approximate surface area is 142 Å². The zero-order chi connectivity index (χ0) is 16.5. The molecule has 0 aliphatic rings. The third-order valence-electron chi connectivity index (χ3n) is 4.61. The minimum Gasteiger partial charge on any atom is -0.0683 e. The Morgan fingerprint density at radius 2 is 0.708 bits per heavy atom. The lowest BCUT2D eigenvalue weighted by Crippen LogP contribution is -1.83. The van der Waals surface area contributed by atoms with Crippen LogP contribution in [0.25, 0.3) is 43.1 Å². The average Bonchev–Trinajstić information content (AvgIpc) is 2.68. The van der Waals surface area contributed by atoms with Crippen LogP contribution in [-0.2, 0) is 0 Å². The van der Waals surface area contributed by atoms with Gasteiger partial charge in [-0.15, -0.1) is 0 Å². The molecule has 5 aromatic rings. The second-order valence-electron chi connectivity index (χ2n) is 5.84. The molecule has 0 unspecified atom stereocenters. The van der Waals surface area contributed by atoms with Crippen LogP contribution in [0.2, 0.25) is 0 Å². The van der Waals surface area contributed by atoms with Crippen LogP contribution in [0.3, 0.4) is 0 Å². The summed E-state index contributed by atoms with van der Waals surface area (Å²) in [6, 6.07) is 30.7. The molecule has 0 nitrogen and oxygen atoms in total. The van der Waals surface area contributed by atoms with Crippen molar-refractivity contribution in [1.29, 1.82) is 0 Å². The average molecular weight is 308 g/mol. The van der Waals surface area contributed by atoms with Crippen molar-refractivity contribution in [2.24, 2.45) is 0 Å². The summed E-state index contributed by atoms with van der Waals surface area (Å²) in [7, 11) is 0. The summed E-state index contributed by atoms with van der Waals surface area (Å²) < 4.78 is 0. The predicted molar refractivity (Wildman–Crippen MR) is 108 cm³/mol. The number of rotatable bonds is 0. The summed E-state index contributed by atoms with van der Waals surface area (Å²) in [5.41, 5.74) is 0. The van der Waals surface area contributed by atoms with Crippen molar-refractivity contribution in [2.45, 2.75) is 13.8 Å². The van der Waals surface area contributed by atoms with Gasteiger partial charge in [0.05, 0.1) is 0 Å². The van der Waals surface area contributed by atoms with E-state index in [2.05, 4.69) is 84.9 Å². The molecular weight excluding hydrogens is 288 g/mol. The van der Waals surface area contributed by atoms with Gasteiger partial charge >= 0.3 is 0 Å². The molecule has 0 bridgehead atoms. The largest absolute Gasteiger partial charge is 0.0683 e. The van der Waals surface area contributed by atoms with Crippen molar-refractivity contribution < 1.29 is 0 Å². The Hall–Kier alpha value is -2.86. The summed E-state index contributed by atoms with van der Waals surface area (Å²) in [5, 5.41) is 10.6. The van der Waals surface area contributed by atoms with E-state index >= 15 is 0 Å². The van der Waals surface area contributed by atoms with Crippen molar-refractivity contribution in [3.63, 3.8) is 0 Å². The maximum atomic E-state index is 2.24.